The lowest BCUT2D eigenvalue weighted by molar-refractivity contribution is -0.117. The summed E-state index contributed by atoms with van der Waals surface area (Å²) in [5.74, 6) is -0.322. The van der Waals surface area contributed by atoms with Crippen molar-refractivity contribution in [3.63, 3.8) is 0 Å². The molecule has 0 bridgehead atoms. The van der Waals surface area contributed by atoms with Gasteiger partial charge in [0, 0.05) is 37.8 Å². The Morgan fingerprint density at radius 3 is 2.39 bits per heavy atom. The molecule has 0 aromatic heterocycles. The number of halogens is 1. The topological polar surface area (TPSA) is 86.8 Å². The van der Waals surface area contributed by atoms with Gasteiger partial charge in [-0.15, -0.1) is 0 Å². The van der Waals surface area contributed by atoms with Crippen LogP contribution in [0.4, 0.5) is 11.4 Å². The van der Waals surface area contributed by atoms with Gasteiger partial charge in [0.05, 0.1) is 16.1 Å². The highest BCUT2D eigenvalue weighted by atomic mass is 35.5. The van der Waals surface area contributed by atoms with Crippen LogP contribution in [0.1, 0.15) is 23.2 Å². The molecule has 0 spiro atoms. The van der Waals surface area contributed by atoms with Crippen molar-refractivity contribution in [1.29, 1.82) is 0 Å². The second-order valence-corrected chi connectivity index (χ2v) is 8.76. The molecular formula is C19H20ClN3O4S. The third-order valence-electron chi connectivity index (χ3n) is 4.39. The van der Waals surface area contributed by atoms with E-state index in [1.165, 1.54) is 35.2 Å². The van der Waals surface area contributed by atoms with E-state index < -0.39 is 10.0 Å². The number of hydrogen-bond donors (Lipinski definition) is 1. The predicted octanol–water partition coefficient (Wildman–Crippen LogP) is 2.97. The van der Waals surface area contributed by atoms with Crippen LogP contribution in [0, 0.1) is 0 Å². The summed E-state index contributed by atoms with van der Waals surface area (Å²) in [5, 5.41) is 0.302. The summed E-state index contributed by atoms with van der Waals surface area (Å²) in [4.78, 5) is 27.2. The maximum atomic E-state index is 12.8. The van der Waals surface area contributed by atoms with E-state index in [1.807, 2.05) is 0 Å². The van der Waals surface area contributed by atoms with Gasteiger partial charge in [-0.05, 0) is 48.9 Å². The van der Waals surface area contributed by atoms with Crippen molar-refractivity contribution in [3.05, 3.63) is 53.1 Å². The van der Waals surface area contributed by atoms with E-state index in [0.29, 0.717) is 23.7 Å². The number of carbonyl (C=O) groups is 2. The largest absolute Gasteiger partial charge is 0.345 e. The number of nitrogens with zero attached hydrogens (tertiary/aromatic N) is 2. The highest BCUT2D eigenvalue weighted by Crippen LogP contribution is 2.27. The molecule has 1 heterocycles. The third kappa shape index (κ3) is 4.13. The number of hydrogen-bond acceptors (Lipinski definition) is 4. The Kier molecular flexibility index (Phi) is 5.62. The van der Waals surface area contributed by atoms with Gasteiger partial charge in [0.25, 0.3) is 15.9 Å². The summed E-state index contributed by atoms with van der Waals surface area (Å²) < 4.78 is 28.0. The van der Waals surface area contributed by atoms with E-state index >= 15 is 0 Å². The Bertz CT molecular complexity index is 1020. The molecular weight excluding hydrogens is 402 g/mol. The average molecular weight is 422 g/mol. The molecule has 148 valence electrons. The second kappa shape index (κ2) is 7.81. The number of benzene rings is 2. The highest BCUT2D eigenvalue weighted by molar-refractivity contribution is 7.92. The molecule has 1 fully saturated rings. The van der Waals surface area contributed by atoms with Crippen molar-refractivity contribution >= 4 is 44.8 Å². The van der Waals surface area contributed by atoms with E-state index in [9.17, 15) is 18.0 Å². The maximum absolute atomic E-state index is 12.8. The van der Waals surface area contributed by atoms with E-state index in [-0.39, 0.29) is 28.0 Å². The van der Waals surface area contributed by atoms with Crippen molar-refractivity contribution < 1.29 is 18.0 Å². The zero-order chi connectivity index (χ0) is 20.5. The van der Waals surface area contributed by atoms with Crippen LogP contribution in [0.3, 0.4) is 0 Å². The molecule has 0 unspecified atom stereocenters. The van der Waals surface area contributed by atoms with E-state index in [0.717, 1.165) is 6.42 Å². The van der Waals surface area contributed by atoms with E-state index in [4.69, 9.17) is 11.6 Å². The third-order valence-corrected chi connectivity index (χ3v) is 6.01. The van der Waals surface area contributed by atoms with Crippen LogP contribution in [0.2, 0.25) is 5.02 Å². The molecule has 0 saturated carbocycles. The van der Waals surface area contributed by atoms with Gasteiger partial charge in [0.1, 0.15) is 0 Å². The van der Waals surface area contributed by atoms with Crippen molar-refractivity contribution in [2.75, 3.05) is 30.3 Å². The van der Waals surface area contributed by atoms with Gasteiger partial charge in [0.2, 0.25) is 5.91 Å². The zero-order valence-electron chi connectivity index (χ0n) is 15.5. The van der Waals surface area contributed by atoms with Crippen LogP contribution in [0.25, 0.3) is 0 Å². The summed E-state index contributed by atoms with van der Waals surface area (Å²) >= 11 is 5.99. The molecule has 0 radical (unpaired) electrons. The number of carbonyl (C=O) groups excluding carboxylic acids is 2. The first-order valence-electron chi connectivity index (χ1n) is 8.63. The Morgan fingerprint density at radius 2 is 1.82 bits per heavy atom. The quantitative estimate of drug-likeness (QED) is 0.804. The molecule has 0 aliphatic carbocycles. The minimum Gasteiger partial charge on any atom is -0.345 e. The Labute approximate surface area is 168 Å². The molecule has 7 nitrogen and oxygen atoms in total. The Morgan fingerprint density at radius 1 is 1.14 bits per heavy atom. The summed E-state index contributed by atoms with van der Waals surface area (Å²) in [6.45, 7) is 0.627. The molecule has 1 aliphatic heterocycles. The fourth-order valence-corrected chi connectivity index (χ4v) is 4.20. The summed E-state index contributed by atoms with van der Waals surface area (Å²) in [6, 6.07) is 10.5. The maximum Gasteiger partial charge on any atom is 0.261 e. The minimum absolute atomic E-state index is 0.0196. The normalized spacial score (nSPS) is 14.2. The predicted molar refractivity (Wildman–Crippen MR) is 108 cm³/mol. The van der Waals surface area contributed by atoms with Crippen LogP contribution in [-0.4, -0.2) is 45.8 Å². The number of anilines is 2. The number of rotatable bonds is 5. The second-order valence-electron chi connectivity index (χ2n) is 6.64. The number of sulfonamides is 1. The average Bonchev–Trinajstić information content (AvgIpc) is 3.07. The van der Waals surface area contributed by atoms with Gasteiger partial charge in [-0.1, -0.05) is 11.6 Å². The van der Waals surface area contributed by atoms with Crippen molar-refractivity contribution in [2.24, 2.45) is 0 Å². The lowest BCUT2D eigenvalue weighted by Crippen LogP contribution is -2.24. The van der Waals surface area contributed by atoms with Gasteiger partial charge < -0.3 is 9.80 Å². The molecule has 1 aliphatic rings. The lowest BCUT2D eigenvalue weighted by atomic mass is 10.1. The summed E-state index contributed by atoms with van der Waals surface area (Å²) in [5.41, 5.74) is 0.954. The van der Waals surface area contributed by atoms with Crippen LogP contribution in [-0.2, 0) is 14.8 Å². The molecule has 1 saturated heterocycles. The first-order chi connectivity index (χ1) is 13.2. The smallest absolute Gasteiger partial charge is 0.261 e. The van der Waals surface area contributed by atoms with Gasteiger partial charge in [0.15, 0.2) is 0 Å². The number of nitrogens with one attached hydrogen (secondary N) is 1. The first-order valence-corrected chi connectivity index (χ1v) is 10.5. The molecule has 9 heteroatoms. The van der Waals surface area contributed by atoms with Crippen molar-refractivity contribution in [2.45, 2.75) is 17.7 Å². The SMILES string of the molecule is CN(C)C(=O)c1ccc(Cl)cc1NS(=O)(=O)c1ccc(N2CCCC2=O)cc1. The Hall–Kier alpha value is -2.58. The van der Waals surface area contributed by atoms with E-state index in [2.05, 4.69) is 4.72 Å². The van der Waals surface area contributed by atoms with E-state index in [1.54, 1.807) is 31.1 Å². The molecule has 2 aromatic carbocycles. The fraction of sp³-hybridized carbons (Fsp3) is 0.263. The first kappa shape index (κ1) is 20.2. The Balaban J connectivity index is 1.89. The van der Waals surface area contributed by atoms with Crippen molar-refractivity contribution in [1.82, 2.24) is 4.90 Å². The molecule has 2 aromatic rings. The minimum atomic E-state index is -3.95. The zero-order valence-corrected chi connectivity index (χ0v) is 17.0. The highest BCUT2D eigenvalue weighted by Gasteiger charge is 2.23. The van der Waals surface area contributed by atoms with Crippen LogP contribution in [0.5, 0.6) is 0 Å². The standard InChI is InChI=1S/C19H20ClN3O4S/c1-22(2)19(25)16-10-5-13(20)12-17(16)21-28(26,27)15-8-6-14(7-9-15)23-11-3-4-18(23)24/h5-10,12,21H,3-4,11H2,1-2H3. The van der Waals surface area contributed by atoms with Crippen LogP contribution >= 0.6 is 11.6 Å². The number of amides is 2. The van der Waals surface area contributed by atoms with Crippen molar-refractivity contribution in [3.8, 4) is 0 Å². The van der Waals surface area contributed by atoms with Gasteiger partial charge >= 0.3 is 0 Å². The molecule has 0 atom stereocenters. The van der Waals surface area contributed by atoms with Crippen LogP contribution in [0.15, 0.2) is 47.4 Å². The lowest BCUT2D eigenvalue weighted by Gasteiger charge is -2.17. The monoisotopic (exact) mass is 421 g/mol. The summed E-state index contributed by atoms with van der Waals surface area (Å²) in [6.07, 6.45) is 1.29. The van der Waals surface area contributed by atoms with Crippen LogP contribution < -0.4 is 9.62 Å². The molecule has 2 amide bonds. The summed E-state index contributed by atoms with van der Waals surface area (Å²) in [7, 11) is -0.794. The molecule has 1 N–H and O–H groups in total. The van der Waals surface area contributed by atoms with Gasteiger partial charge in [-0.3, -0.25) is 14.3 Å². The van der Waals surface area contributed by atoms with Gasteiger partial charge in [-0.25, -0.2) is 8.42 Å². The molecule has 28 heavy (non-hydrogen) atoms. The molecule has 3 rings (SSSR count). The fourth-order valence-electron chi connectivity index (χ4n) is 2.96. The van der Waals surface area contributed by atoms with Gasteiger partial charge in [-0.2, -0.15) is 0 Å².